The van der Waals surface area contributed by atoms with Crippen molar-refractivity contribution in [2.24, 2.45) is 0 Å². The molecule has 1 aromatic carbocycles. The molecule has 0 spiro atoms. The lowest BCUT2D eigenvalue weighted by atomic mass is 9.94. The fourth-order valence-corrected chi connectivity index (χ4v) is 5.63. The van der Waals surface area contributed by atoms with Gasteiger partial charge in [0.1, 0.15) is 6.54 Å². The number of benzene rings is 1. The van der Waals surface area contributed by atoms with Crippen LogP contribution in [0.15, 0.2) is 24.3 Å². The number of carbonyl (C=O) groups excluding carboxylic acids is 1. The molecule has 1 aromatic heterocycles. The molecule has 0 radical (unpaired) electrons. The van der Waals surface area contributed by atoms with E-state index in [-0.39, 0.29) is 18.0 Å². The highest BCUT2D eigenvalue weighted by atomic mass is 32.2. The van der Waals surface area contributed by atoms with Crippen LogP contribution in [0.4, 0.5) is 0 Å². The summed E-state index contributed by atoms with van der Waals surface area (Å²) in [4.78, 5) is 15.5. The van der Waals surface area contributed by atoms with Crippen LogP contribution >= 0.6 is 24.0 Å². The Bertz CT molecular complexity index is 893. The van der Waals surface area contributed by atoms with Crippen LogP contribution in [-0.4, -0.2) is 62.3 Å². The van der Waals surface area contributed by atoms with Crippen molar-refractivity contribution in [1.29, 1.82) is 0 Å². The number of aromatic nitrogens is 3. The molecule has 1 aliphatic heterocycles. The number of hydrogen-bond donors (Lipinski definition) is 2. The van der Waals surface area contributed by atoms with Gasteiger partial charge in [-0.3, -0.25) is 19.4 Å². The first-order valence-electron chi connectivity index (χ1n) is 10.4. The zero-order valence-corrected chi connectivity index (χ0v) is 18.6. The molecule has 2 heterocycles. The van der Waals surface area contributed by atoms with Gasteiger partial charge in [0.2, 0.25) is 5.91 Å². The van der Waals surface area contributed by atoms with E-state index in [9.17, 15) is 4.79 Å². The van der Waals surface area contributed by atoms with Crippen molar-refractivity contribution in [2.45, 2.75) is 44.7 Å². The van der Waals surface area contributed by atoms with Gasteiger partial charge in [0, 0.05) is 42.2 Å². The van der Waals surface area contributed by atoms with Crippen molar-refractivity contribution in [3.63, 3.8) is 0 Å². The van der Waals surface area contributed by atoms with Gasteiger partial charge in [-0.2, -0.15) is 16.9 Å². The molecule has 156 valence electrons. The summed E-state index contributed by atoms with van der Waals surface area (Å²) in [6, 6.07) is 8.10. The molecule has 1 saturated heterocycles. The van der Waals surface area contributed by atoms with Crippen molar-refractivity contribution >= 4 is 29.9 Å². The summed E-state index contributed by atoms with van der Waals surface area (Å²) in [5.74, 6) is 3.09. The van der Waals surface area contributed by atoms with Crippen LogP contribution in [0.5, 0.6) is 0 Å². The number of aromatic amines is 1. The van der Waals surface area contributed by atoms with Crippen LogP contribution in [0.25, 0.3) is 11.4 Å². The van der Waals surface area contributed by atoms with Gasteiger partial charge in [0.05, 0.1) is 0 Å². The highest BCUT2D eigenvalue weighted by molar-refractivity contribution is 7.99. The van der Waals surface area contributed by atoms with Crippen molar-refractivity contribution in [3.05, 3.63) is 34.6 Å². The SMILES string of the molecule is Cc1ccc(-c2n[nH]c(=S)n2CC(=O)NCC2(N3CCSCC3)CCCC2)cc1. The van der Waals surface area contributed by atoms with E-state index in [1.807, 2.05) is 43.0 Å². The Morgan fingerprint density at radius 3 is 2.62 bits per heavy atom. The molecule has 29 heavy (non-hydrogen) atoms. The van der Waals surface area contributed by atoms with Gasteiger partial charge in [0.15, 0.2) is 10.6 Å². The fourth-order valence-electron chi connectivity index (χ4n) is 4.53. The van der Waals surface area contributed by atoms with Crippen molar-refractivity contribution < 1.29 is 4.79 Å². The molecule has 2 aliphatic rings. The Labute approximate surface area is 181 Å². The van der Waals surface area contributed by atoms with E-state index in [4.69, 9.17) is 12.2 Å². The Morgan fingerprint density at radius 1 is 1.24 bits per heavy atom. The van der Waals surface area contributed by atoms with E-state index in [2.05, 4.69) is 20.4 Å². The molecule has 0 unspecified atom stereocenters. The molecule has 1 saturated carbocycles. The molecule has 0 atom stereocenters. The largest absolute Gasteiger partial charge is 0.353 e. The maximum atomic E-state index is 12.8. The van der Waals surface area contributed by atoms with Crippen LogP contribution in [0.3, 0.4) is 0 Å². The zero-order chi connectivity index (χ0) is 20.3. The molecule has 2 aromatic rings. The van der Waals surface area contributed by atoms with Crippen LogP contribution in [-0.2, 0) is 11.3 Å². The topological polar surface area (TPSA) is 66.0 Å². The molecule has 0 bridgehead atoms. The molecule has 6 nitrogen and oxygen atoms in total. The summed E-state index contributed by atoms with van der Waals surface area (Å²) in [6.45, 7) is 5.22. The number of nitrogens with one attached hydrogen (secondary N) is 2. The smallest absolute Gasteiger partial charge is 0.240 e. The summed E-state index contributed by atoms with van der Waals surface area (Å²) < 4.78 is 2.26. The molecule has 2 fully saturated rings. The van der Waals surface area contributed by atoms with E-state index < -0.39 is 0 Å². The predicted octanol–water partition coefficient (Wildman–Crippen LogP) is 3.39. The second-order valence-corrected chi connectivity index (χ2v) is 9.72. The van der Waals surface area contributed by atoms with Crippen molar-refractivity contribution in [1.82, 2.24) is 25.0 Å². The highest BCUT2D eigenvalue weighted by Crippen LogP contribution is 2.36. The minimum Gasteiger partial charge on any atom is -0.353 e. The second-order valence-electron chi connectivity index (χ2n) is 8.11. The Morgan fingerprint density at radius 2 is 1.93 bits per heavy atom. The number of rotatable bonds is 6. The maximum Gasteiger partial charge on any atom is 0.240 e. The van der Waals surface area contributed by atoms with E-state index in [1.165, 1.54) is 42.8 Å². The van der Waals surface area contributed by atoms with E-state index >= 15 is 0 Å². The Kier molecular flexibility index (Phi) is 6.41. The minimum atomic E-state index is -0.00600. The number of H-pyrrole nitrogens is 1. The molecule has 1 aliphatic carbocycles. The number of hydrogen-bond acceptors (Lipinski definition) is 5. The average Bonchev–Trinajstić information content (AvgIpc) is 3.36. The van der Waals surface area contributed by atoms with Gasteiger partial charge in [0.25, 0.3) is 0 Å². The standard InChI is InChI=1S/C21H29N5OS2/c1-16-4-6-17(7-5-16)19-23-24-20(28)26(19)14-18(27)22-15-21(8-2-3-9-21)25-10-12-29-13-11-25/h4-7H,2-3,8-15H2,1H3,(H,22,27)(H,24,28). The van der Waals surface area contributed by atoms with Gasteiger partial charge in [-0.1, -0.05) is 42.7 Å². The molecular weight excluding hydrogens is 402 g/mol. The minimum absolute atomic E-state index is 0.00600. The van der Waals surface area contributed by atoms with Crippen LogP contribution in [0, 0.1) is 11.7 Å². The average molecular weight is 432 g/mol. The van der Waals surface area contributed by atoms with E-state index in [1.54, 1.807) is 4.57 Å². The molecule has 8 heteroatoms. The summed E-state index contributed by atoms with van der Waals surface area (Å²) in [7, 11) is 0. The third-order valence-electron chi connectivity index (χ3n) is 6.20. The third kappa shape index (κ3) is 4.59. The Hall–Kier alpha value is -1.64. The summed E-state index contributed by atoms with van der Waals surface area (Å²) >= 11 is 7.42. The third-order valence-corrected chi connectivity index (χ3v) is 7.45. The number of thioether (sulfide) groups is 1. The zero-order valence-electron chi connectivity index (χ0n) is 16.9. The predicted molar refractivity (Wildman–Crippen MR) is 121 cm³/mol. The number of nitrogens with zero attached hydrogens (tertiary/aromatic N) is 3. The molecular formula is C21H29N5OS2. The monoisotopic (exact) mass is 431 g/mol. The first-order chi connectivity index (χ1) is 14.1. The lowest BCUT2D eigenvalue weighted by Crippen LogP contribution is -2.56. The summed E-state index contributed by atoms with van der Waals surface area (Å²) in [5.41, 5.74) is 2.27. The molecule has 2 N–H and O–H groups in total. The number of amides is 1. The number of carbonyl (C=O) groups is 1. The van der Waals surface area contributed by atoms with Crippen LogP contribution < -0.4 is 5.32 Å². The summed E-state index contributed by atoms with van der Waals surface area (Å²) in [5, 5.41) is 10.4. The second kappa shape index (κ2) is 9.02. The van der Waals surface area contributed by atoms with E-state index in [0.717, 1.165) is 25.2 Å². The quantitative estimate of drug-likeness (QED) is 0.687. The molecule has 1 amide bonds. The van der Waals surface area contributed by atoms with Crippen molar-refractivity contribution in [2.75, 3.05) is 31.1 Å². The van der Waals surface area contributed by atoms with Gasteiger partial charge >= 0.3 is 0 Å². The molecule has 4 rings (SSSR count). The van der Waals surface area contributed by atoms with Gasteiger partial charge in [-0.15, -0.1) is 0 Å². The van der Waals surface area contributed by atoms with Crippen molar-refractivity contribution in [3.8, 4) is 11.4 Å². The highest BCUT2D eigenvalue weighted by Gasteiger charge is 2.40. The lowest BCUT2D eigenvalue weighted by Gasteiger charge is -2.43. The van der Waals surface area contributed by atoms with Gasteiger partial charge in [-0.05, 0) is 32.0 Å². The fraction of sp³-hybridized carbons (Fsp3) is 0.571. The summed E-state index contributed by atoms with van der Waals surface area (Å²) in [6.07, 6.45) is 4.86. The van der Waals surface area contributed by atoms with Crippen LogP contribution in [0.2, 0.25) is 0 Å². The van der Waals surface area contributed by atoms with Crippen LogP contribution in [0.1, 0.15) is 31.2 Å². The lowest BCUT2D eigenvalue weighted by molar-refractivity contribution is -0.122. The van der Waals surface area contributed by atoms with E-state index in [0.29, 0.717) is 10.6 Å². The first kappa shape index (κ1) is 20.6. The number of aryl methyl sites for hydroxylation is 1. The first-order valence-corrected chi connectivity index (χ1v) is 12.0. The van der Waals surface area contributed by atoms with Gasteiger partial charge < -0.3 is 5.32 Å². The Balaban J connectivity index is 1.44. The normalized spacial score (nSPS) is 19.3. The van der Waals surface area contributed by atoms with Gasteiger partial charge in [-0.25, -0.2) is 0 Å². The maximum absolute atomic E-state index is 12.8.